The molecule has 0 spiro atoms. The lowest BCUT2D eigenvalue weighted by Gasteiger charge is -2.55. The molecule has 1 N–H and O–H groups in total. The highest BCUT2D eigenvalue weighted by molar-refractivity contribution is 8.13. The molecular formula is C23H31NO11S2. The van der Waals surface area contributed by atoms with Gasteiger partial charge in [-0.2, -0.15) is 0 Å². The van der Waals surface area contributed by atoms with Crippen LogP contribution in [0.15, 0.2) is 11.0 Å². The summed E-state index contributed by atoms with van der Waals surface area (Å²) in [5.74, 6) is -2.46. The zero-order valence-electron chi connectivity index (χ0n) is 21.4. The molecule has 2 bridgehead atoms. The molecule has 2 rings (SSSR count). The van der Waals surface area contributed by atoms with Gasteiger partial charge in [0.2, 0.25) is 12.2 Å². The number of rotatable bonds is 10. The van der Waals surface area contributed by atoms with E-state index >= 15 is 0 Å². The van der Waals surface area contributed by atoms with E-state index in [1.807, 2.05) is 0 Å². The number of esters is 4. The molecule has 1 heterocycles. The number of ether oxygens (including phenoxy) is 5. The Hall–Kier alpha value is -2.58. The standard InChI is InChI=1S/C23H31NO11S2/c1-11(25)24-23-10-17(37-9-7-8-36-16(6)30)18(31-12(2)26)19(20(23)32-13(3)27)35-22(34-15(5)29)21(23)33-14(4)28/h10,18-22H,7-9H2,1-6H3,(H,24,25)/t18-,19+,20+,21+,22-,23+/m0/s1. The van der Waals surface area contributed by atoms with Crippen molar-refractivity contribution >= 4 is 58.4 Å². The number of amides is 1. The van der Waals surface area contributed by atoms with Gasteiger partial charge in [-0.3, -0.25) is 28.8 Å². The Morgan fingerprint density at radius 1 is 0.838 bits per heavy atom. The second kappa shape index (κ2) is 13.3. The molecule has 6 atom stereocenters. The molecule has 0 saturated carbocycles. The van der Waals surface area contributed by atoms with Crippen LogP contribution in [0.1, 0.15) is 48.0 Å². The molecule has 14 heteroatoms. The van der Waals surface area contributed by atoms with Crippen molar-refractivity contribution in [2.24, 2.45) is 0 Å². The molecule has 37 heavy (non-hydrogen) atoms. The van der Waals surface area contributed by atoms with E-state index in [0.717, 1.165) is 20.8 Å². The average molecular weight is 562 g/mol. The molecule has 0 aromatic rings. The SMILES string of the molecule is CC(=O)N[C@@]12C=C(SCCCSC(C)=O)[C@H](OC(C)=O)[C@@H](O[C@H](OC(C)=O)[C@H]1OC(C)=O)[C@H]2OC(C)=O. The maximum atomic E-state index is 12.4. The van der Waals surface area contributed by atoms with Crippen LogP contribution in [0, 0.1) is 0 Å². The number of carbonyl (C=O) groups excluding carboxylic acids is 6. The summed E-state index contributed by atoms with van der Waals surface area (Å²) in [5, 5.41) is 2.70. The van der Waals surface area contributed by atoms with E-state index in [1.165, 1.54) is 50.4 Å². The maximum absolute atomic E-state index is 12.4. The summed E-state index contributed by atoms with van der Waals surface area (Å²) in [6, 6.07) is 0. The van der Waals surface area contributed by atoms with Crippen LogP contribution in [-0.2, 0) is 52.5 Å². The van der Waals surface area contributed by atoms with E-state index in [2.05, 4.69) is 5.32 Å². The minimum absolute atomic E-state index is 0.0165. The van der Waals surface area contributed by atoms with Crippen molar-refractivity contribution < 1.29 is 52.5 Å². The molecule has 1 aliphatic heterocycles. The van der Waals surface area contributed by atoms with E-state index in [1.54, 1.807) is 0 Å². The monoisotopic (exact) mass is 561 g/mol. The van der Waals surface area contributed by atoms with Crippen molar-refractivity contribution in [2.75, 3.05) is 11.5 Å². The Labute approximate surface area is 222 Å². The highest BCUT2D eigenvalue weighted by atomic mass is 32.2. The fourth-order valence-electron chi connectivity index (χ4n) is 4.13. The average Bonchev–Trinajstić information content (AvgIpc) is 2.73. The van der Waals surface area contributed by atoms with E-state index in [4.69, 9.17) is 23.7 Å². The van der Waals surface area contributed by atoms with Gasteiger partial charge < -0.3 is 29.0 Å². The summed E-state index contributed by atoms with van der Waals surface area (Å²) in [5.41, 5.74) is -1.74. The highest BCUT2D eigenvalue weighted by Crippen LogP contribution is 2.46. The predicted molar refractivity (Wildman–Crippen MR) is 132 cm³/mol. The highest BCUT2D eigenvalue weighted by Gasteiger charge is 2.66. The Bertz CT molecular complexity index is 968. The summed E-state index contributed by atoms with van der Waals surface area (Å²) in [6.07, 6.45) is -4.54. The van der Waals surface area contributed by atoms with Crippen LogP contribution in [0.25, 0.3) is 0 Å². The van der Waals surface area contributed by atoms with Crippen LogP contribution < -0.4 is 5.32 Å². The van der Waals surface area contributed by atoms with E-state index in [-0.39, 0.29) is 5.12 Å². The van der Waals surface area contributed by atoms with E-state index < -0.39 is 66.0 Å². The third kappa shape index (κ3) is 8.20. The zero-order valence-corrected chi connectivity index (χ0v) is 23.0. The summed E-state index contributed by atoms with van der Waals surface area (Å²) < 4.78 is 27.9. The van der Waals surface area contributed by atoms with Gasteiger partial charge in [-0.15, -0.1) is 11.8 Å². The minimum Gasteiger partial charge on any atom is -0.457 e. The van der Waals surface area contributed by atoms with Crippen molar-refractivity contribution in [3.05, 3.63) is 11.0 Å². The Balaban J connectivity index is 2.67. The number of hydrogen-bond acceptors (Lipinski definition) is 13. The van der Waals surface area contributed by atoms with Crippen molar-refractivity contribution in [2.45, 2.75) is 84.2 Å². The molecular weight excluding hydrogens is 530 g/mol. The van der Waals surface area contributed by atoms with Crippen LogP contribution in [0.5, 0.6) is 0 Å². The van der Waals surface area contributed by atoms with Gasteiger partial charge in [0.25, 0.3) is 0 Å². The summed E-state index contributed by atoms with van der Waals surface area (Å²) in [7, 11) is 0. The smallest absolute Gasteiger partial charge is 0.305 e. The third-order valence-electron chi connectivity index (χ3n) is 5.15. The first-order valence-corrected chi connectivity index (χ1v) is 13.4. The van der Waals surface area contributed by atoms with Crippen LogP contribution in [0.2, 0.25) is 0 Å². The minimum atomic E-state index is -1.74. The van der Waals surface area contributed by atoms with Crippen LogP contribution in [0.3, 0.4) is 0 Å². The lowest BCUT2D eigenvalue weighted by molar-refractivity contribution is -0.299. The molecule has 0 aromatic carbocycles. The number of thioether (sulfide) groups is 2. The Morgan fingerprint density at radius 2 is 1.41 bits per heavy atom. The zero-order chi connectivity index (χ0) is 27.9. The van der Waals surface area contributed by atoms with E-state index in [9.17, 15) is 28.8 Å². The lowest BCUT2D eigenvalue weighted by atomic mass is 9.74. The van der Waals surface area contributed by atoms with Crippen LogP contribution >= 0.6 is 23.5 Å². The fourth-order valence-corrected chi connectivity index (χ4v) is 6.04. The van der Waals surface area contributed by atoms with Crippen LogP contribution in [-0.4, -0.2) is 82.7 Å². The molecule has 0 radical (unpaired) electrons. The second-order valence-corrected chi connectivity index (χ2v) is 10.8. The lowest BCUT2D eigenvalue weighted by Crippen LogP contribution is -2.77. The number of fused-ring (bicyclic) bond motifs is 2. The summed E-state index contributed by atoms with van der Waals surface area (Å²) in [6.45, 7) is 7.26. The first-order valence-electron chi connectivity index (χ1n) is 11.4. The molecule has 0 aromatic heterocycles. The molecule has 1 saturated heterocycles. The van der Waals surface area contributed by atoms with Gasteiger partial charge in [0, 0.05) is 52.2 Å². The third-order valence-corrected chi connectivity index (χ3v) is 7.23. The van der Waals surface area contributed by atoms with Gasteiger partial charge >= 0.3 is 23.9 Å². The number of nitrogens with one attached hydrogen (secondary N) is 1. The largest absolute Gasteiger partial charge is 0.457 e. The maximum Gasteiger partial charge on any atom is 0.305 e. The van der Waals surface area contributed by atoms with Crippen molar-refractivity contribution in [1.29, 1.82) is 0 Å². The molecule has 12 nitrogen and oxygen atoms in total. The van der Waals surface area contributed by atoms with Crippen molar-refractivity contribution in [3.8, 4) is 0 Å². The second-order valence-electron chi connectivity index (χ2n) is 8.37. The van der Waals surface area contributed by atoms with Crippen molar-refractivity contribution in [3.63, 3.8) is 0 Å². The van der Waals surface area contributed by atoms with Crippen LogP contribution in [0.4, 0.5) is 0 Å². The first kappa shape index (κ1) is 30.6. The topological polar surface area (TPSA) is 161 Å². The van der Waals surface area contributed by atoms with Crippen molar-refractivity contribution in [1.82, 2.24) is 5.32 Å². The molecule has 1 aliphatic carbocycles. The van der Waals surface area contributed by atoms with Gasteiger partial charge in [0.05, 0.1) is 0 Å². The molecule has 1 amide bonds. The molecule has 1 fully saturated rings. The molecule has 206 valence electrons. The Morgan fingerprint density at radius 3 is 1.92 bits per heavy atom. The van der Waals surface area contributed by atoms with Gasteiger partial charge in [-0.1, -0.05) is 11.8 Å². The molecule has 2 aliphatic rings. The van der Waals surface area contributed by atoms with Gasteiger partial charge in [0.1, 0.15) is 11.6 Å². The fraction of sp³-hybridized carbons (Fsp3) is 0.652. The van der Waals surface area contributed by atoms with E-state index in [0.29, 0.717) is 22.8 Å². The first-order chi connectivity index (χ1) is 17.3. The number of hydrogen-bond donors (Lipinski definition) is 1. The van der Waals surface area contributed by atoms with Gasteiger partial charge in [-0.05, 0) is 18.2 Å². The summed E-state index contributed by atoms with van der Waals surface area (Å²) in [4.78, 5) is 72.2. The van der Waals surface area contributed by atoms with Gasteiger partial charge in [-0.25, -0.2) is 0 Å². The summed E-state index contributed by atoms with van der Waals surface area (Å²) >= 11 is 2.45. The quantitative estimate of drug-likeness (QED) is 0.231. The van der Waals surface area contributed by atoms with Gasteiger partial charge in [0.15, 0.2) is 23.4 Å². The number of carbonyl (C=O) groups is 6. The Kier molecular flexibility index (Phi) is 11.0. The normalized spacial score (nSPS) is 28.3. The molecule has 0 unspecified atom stereocenters. The predicted octanol–water partition coefficient (Wildman–Crippen LogP) is 1.24.